The zero-order valence-corrected chi connectivity index (χ0v) is 25.7. The molecule has 5 aliphatic rings. The SMILES string of the molecule is C=C[C@H]1CC[C@H]2[C@@H]3CC[C@H]4[C@@H](O[C@@H]5OC(CO)[C@@H](O)C(OS(=O)(=O)O)C5O)[C@@H](OS(=O)(=O)O)CC[C@]4(CO)[C@H]3CC[C@]12C. The van der Waals surface area contributed by atoms with Gasteiger partial charge < -0.3 is 29.9 Å². The van der Waals surface area contributed by atoms with Gasteiger partial charge in [-0.3, -0.25) is 9.11 Å². The standard InChI is InChI=1S/C27H44O14S2/c1-3-14-4-6-16-15-5-7-18-23(39-25-22(31)24(41-43(35,36)37)21(30)20(12-28)38-25)19(40-42(32,33)34)9-11-27(18,13-29)17(15)8-10-26(14,16)2/h3,14-25,28-31H,1,4-13H2,2H3,(H,32,33,34)(H,35,36,37)/t14-,15-,16-,17-,18-,19-,20?,21+,22?,23+,24?,25-,26+,27-/m0/s1. The van der Waals surface area contributed by atoms with E-state index in [0.717, 1.165) is 32.1 Å². The molecule has 1 aliphatic heterocycles. The molecule has 0 aromatic heterocycles. The molecule has 3 unspecified atom stereocenters. The van der Waals surface area contributed by atoms with Gasteiger partial charge in [0.05, 0.1) is 12.7 Å². The minimum atomic E-state index is -5.17. The van der Waals surface area contributed by atoms with E-state index in [0.29, 0.717) is 30.6 Å². The van der Waals surface area contributed by atoms with Crippen molar-refractivity contribution in [3.63, 3.8) is 0 Å². The van der Waals surface area contributed by atoms with Crippen LogP contribution < -0.4 is 0 Å². The number of hydrogen-bond donors (Lipinski definition) is 6. The molecule has 0 aromatic carbocycles. The Bertz CT molecular complexity index is 1240. The first kappa shape index (κ1) is 33.6. The van der Waals surface area contributed by atoms with Crippen molar-refractivity contribution in [2.45, 2.75) is 101 Å². The lowest BCUT2D eigenvalue weighted by molar-refractivity contribution is -0.329. The van der Waals surface area contributed by atoms with Crippen LogP contribution in [0.2, 0.25) is 0 Å². The molecular formula is C27H44O14S2. The van der Waals surface area contributed by atoms with Crippen LogP contribution in [-0.2, 0) is 38.6 Å². The molecule has 1 saturated heterocycles. The summed E-state index contributed by atoms with van der Waals surface area (Å²) in [5, 5.41) is 42.2. The van der Waals surface area contributed by atoms with Gasteiger partial charge in [0.25, 0.3) is 0 Å². The number of allylic oxidation sites excluding steroid dienone is 1. The monoisotopic (exact) mass is 656 g/mol. The van der Waals surface area contributed by atoms with E-state index in [9.17, 15) is 46.4 Å². The normalized spacial score (nSPS) is 48.6. The summed E-state index contributed by atoms with van der Waals surface area (Å²) in [5.74, 6) is 0.712. The van der Waals surface area contributed by atoms with Crippen molar-refractivity contribution in [2.75, 3.05) is 13.2 Å². The molecule has 4 aliphatic carbocycles. The Morgan fingerprint density at radius 3 is 2.14 bits per heavy atom. The topological polar surface area (TPSA) is 227 Å². The molecule has 0 aromatic rings. The first-order valence-corrected chi connectivity index (χ1v) is 17.6. The maximum atomic E-state index is 11.9. The van der Waals surface area contributed by atoms with Crippen LogP contribution in [0.3, 0.4) is 0 Å². The highest BCUT2D eigenvalue weighted by Crippen LogP contribution is 2.68. The molecule has 5 rings (SSSR count). The minimum Gasteiger partial charge on any atom is -0.396 e. The summed E-state index contributed by atoms with van der Waals surface area (Å²) in [6, 6.07) is 0. The third-order valence-electron chi connectivity index (χ3n) is 11.6. The largest absolute Gasteiger partial charge is 0.397 e. The van der Waals surface area contributed by atoms with Gasteiger partial charge in [-0.05, 0) is 86.4 Å². The molecule has 0 amide bonds. The van der Waals surface area contributed by atoms with Gasteiger partial charge in [0, 0.05) is 12.0 Å². The van der Waals surface area contributed by atoms with Crippen LogP contribution in [0, 0.1) is 40.4 Å². The zero-order valence-electron chi connectivity index (χ0n) is 24.0. The van der Waals surface area contributed by atoms with Crippen LogP contribution in [0.1, 0.15) is 58.3 Å². The summed E-state index contributed by atoms with van der Waals surface area (Å²) in [5.41, 5.74) is -0.601. The Morgan fingerprint density at radius 1 is 0.860 bits per heavy atom. The lowest BCUT2D eigenvalue weighted by Crippen LogP contribution is -2.65. The molecule has 5 fully saturated rings. The van der Waals surface area contributed by atoms with Crippen molar-refractivity contribution in [1.82, 2.24) is 0 Å². The molecule has 14 atom stereocenters. The van der Waals surface area contributed by atoms with E-state index in [1.165, 1.54) is 0 Å². The summed E-state index contributed by atoms with van der Waals surface area (Å²) in [6.07, 6.45) is -3.92. The second-order valence-electron chi connectivity index (χ2n) is 13.3. The Labute approximate surface area is 252 Å². The fraction of sp³-hybridized carbons (Fsp3) is 0.926. The fourth-order valence-electron chi connectivity index (χ4n) is 9.79. The Kier molecular flexibility index (Phi) is 9.47. The molecule has 248 valence electrons. The maximum absolute atomic E-state index is 11.9. The van der Waals surface area contributed by atoms with E-state index in [-0.39, 0.29) is 24.4 Å². The highest BCUT2D eigenvalue weighted by molar-refractivity contribution is 7.81. The fourth-order valence-corrected chi connectivity index (χ4v) is 10.8. The van der Waals surface area contributed by atoms with Crippen molar-refractivity contribution in [1.29, 1.82) is 0 Å². The second-order valence-corrected chi connectivity index (χ2v) is 15.4. The van der Waals surface area contributed by atoms with Crippen molar-refractivity contribution < 1.29 is 64.2 Å². The molecule has 16 heteroatoms. The van der Waals surface area contributed by atoms with Crippen LogP contribution in [0.15, 0.2) is 12.7 Å². The van der Waals surface area contributed by atoms with Crippen LogP contribution in [-0.4, -0.2) is 102 Å². The highest BCUT2D eigenvalue weighted by Gasteiger charge is 2.64. The molecule has 0 bridgehead atoms. The van der Waals surface area contributed by atoms with Crippen molar-refractivity contribution in [3.05, 3.63) is 12.7 Å². The molecule has 0 spiro atoms. The third kappa shape index (κ3) is 6.07. The van der Waals surface area contributed by atoms with Crippen LogP contribution in [0.5, 0.6) is 0 Å². The average molecular weight is 657 g/mol. The third-order valence-corrected chi connectivity index (χ3v) is 12.6. The smallest absolute Gasteiger partial charge is 0.396 e. The lowest BCUT2D eigenvalue weighted by atomic mass is 9.44. The average Bonchev–Trinajstić information content (AvgIpc) is 3.28. The summed E-state index contributed by atoms with van der Waals surface area (Å²) in [6.45, 7) is 5.34. The van der Waals surface area contributed by atoms with Gasteiger partial charge in [-0.15, -0.1) is 6.58 Å². The number of fused-ring (bicyclic) bond motifs is 5. The van der Waals surface area contributed by atoms with E-state index in [1.54, 1.807) is 0 Å². The number of aliphatic hydroxyl groups is 4. The van der Waals surface area contributed by atoms with Crippen LogP contribution >= 0.6 is 0 Å². The predicted molar refractivity (Wildman–Crippen MR) is 148 cm³/mol. The van der Waals surface area contributed by atoms with Crippen molar-refractivity contribution in [2.24, 2.45) is 40.4 Å². The first-order chi connectivity index (χ1) is 20.1. The zero-order chi connectivity index (χ0) is 31.5. The summed E-state index contributed by atoms with van der Waals surface area (Å²) in [7, 11) is -10.1. The maximum Gasteiger partial charge on any atom is 0.397 e. The van der Waals surface area contributed by atoms with Crippen LogP contribution in [0.4, 0.5) is 0 Å². The number of rotatable bonds is 9. The van der Waals surface area contributed by atoms with E-state index in [1.807, 2.05) is 0 Å². The Hall–Kier alpha value is -0.760. The van der Waals surface area contributed by atoms with Crippen LogP contribution in [0.25, 0.3) is 0 Å². The number of aliphatic hydroxyl groups excluding tert-OH is 4. The van der Waals surface area contributed by atoms with E-state index in [4.69, 9.17) is 13.7 Å². The molecule has 14 nitrogen and oxygen atoms in total. The molecule has 43 heavy (non-hydrogen) atoms. The van der Waals surface area contributed by atoms with Crippen molar-refractivity contribution in [3.8, 4) is 0 Å². The van der Waals surface area contributed by atoms with Gasteiger partial charge in [-0.25, -0.2) is 8.37 Å². The Balaban J connectivity index is 1.47. The number of hydrogen-bond acceptors (Lipinski definition) is 12. The van der Waals surface area contributed by atoms with Gasteiger partial charge in [0.1, 0.15) is 30.5 Å². The van der Waals surface area contributed by atoms with Crippen molar-refractivity contribution >= 4 is 20.8 Å². The van der Waals surface area contributed by atoms with Gasteiger partial charge in [0.2, 0.25) is 0 Å². The van der Waals surface area contributed by atoms with E-state index in [2.05, 4.69) is 23.8 Å². The molecular weight excluding hydrogens is 612 g/mol. The lowest BCUT2D eigenvalue weighted by Gasteiger charge is -2.63. The van der Waals surface area contributed by atoms with E-state index >= 15 is 0 Å². The molecule has 6 N–H and O–H groups in total. The summed E-state index contributed by atoms with van der Waals surface area (Å²) >= 11 is 0. The Morgan fingerprint density at radius 2 is 1.53 bits per heavy atom. The minimum absolute atomic E-state index is 0.0712. The molecule has 4 saturated carbocycles. The van der Waals surface area contributed by atoms with Gasteiger partial charge in [-0.2, -0.15) is 16.8 Å². The summed E-state index contributed by atoms with van der Waals surface area (Å²) < 4.78 is 86.7. The van der Waals surface area contributed by atoms with E-state index < -0.39 is 81.7 Å². The summed E-state index contributed by atoms with van der Waals surface area (Å²) in [4.78, 5) is 0. The predicted octanol–water partition coefficient (Wildman–Crippen LogP) is 0.614. The quantitative estimate of drug-likeness (QED) is 0.148. The highest BCUT2D eigenvalue weighted by atomic mass is 32.3. The molecule has 0 radical (unpaired) electrons. The molecule has 1 heterocycles. The van der Waals surface area contributed by atoms with Gasteiger partial charge in [0.15, 0.2) is 6.29 Å². The second kappa shape index (κ2) is 12.1. The van der Waals surface area contributed by atoms with Gasteiger partial charge in [-0.1, -0.05) is 13.0 Å². The van der Waals surface area contributed by atoms with Gasteiger partial charge >= 0.3 is 20.8 Å². The first-order valence-electron chi connectivity index (χ1n) is 14.9. The number of ether oxygens (including phenoxy) is 2.